The Labute approximate surface area is 572 Å². The Morgan fingerprint density at radius 2 is 0.634 bits per heavy atom. The van der Waals surface area contributed by atoms with E-state index in [2.05, 4.69) is 21.3 Å². The fraction of sp³-hybridized carbons (Fsp3) is 0.929. The molecule has 7 aliphatic heterocycles. The highest BCUT2D eigenvalue weighted by atomic mass is 16.8. The van der Waals surface area contributed by atoms with Gasteiger partial charge in [-0.2, -0.15) is 0 Å². The standard InChI is InChI=1S/C56H96N4O41/c1-14(69)57-18(5-61)44(96-55-42(86)48(33(77)22(8-64)91-55)100-51-28(59-16(3)71)36(80)46(25(11-67)94-51)97-53-40(84)38(82)31(75)20(6-62)89-53)30(74)19(73)13-88-50-27(58-15(2)70)35(79)45(24(10-66)93-50)99-56-43(87)49(34(78)23(9-65)92-56)101-52-29(60-17(4)72)37(81)47(26(12-68)95-52)98-54-41(85)39(83)32(76)21(7-63)90-54/h18-56,61-68,73-87H,5-13H2,1-4H3,(H,57,69)(H,58,70)(H,59,71)(H,60,72)/t18-,19+,20+,21+,22+,23+,24+,25+,26+,27+,28+,29+,30-,31-,32-,33-,34-,35+,36+,37+,38-,39-,40+,41+,42+,43+,44+,45+,46+,47+,48-,49-,50+,51-,52-,53-,54-,55-,56-/m0/s1. The zero-order valence-electron chi connectivity index (χ0n) is 54.5. The van der Waals surface area contributed by atoms with Crippen LogP contribution in [0.4, 0.5) is 0 Å². The highest BCUT2D eigenvalue weighted by Crippen LogP contribution is 2.38. The second-order valence-corrected chi connectivity index (χ2v) is 25.1. The van der Waals surface area contributed by atoms with Crippen LogP contribution >= 0.6 is 0 Å². The lowest BCUT2D eigenvalue weighted by molar-refractivity contribution is -0.378. The summed E-state index contributed by atoms with van der Waals surface area (Å²) in [5.74, 6) is -3.55. The van der Waals surface area contributed by atoms with Crippen molar-refractivity contribution in [2.45, 2.75) is 267 Å². The smallest absolute Gasteiger partial charge is 0.217 e. The van der Waals surface area contributed by atoms with Crippen molar-refractivity contribution in [1.82, 2.24) is 21.3 Å². The first-order valence-electron chi connectivity index (χ1n) is 32.0. The van der Waals surface area contributed by atoms with Crippen molar-refractivity contribution in [3.8, 4) is 0 Å². The molecule has 7 heterocycles. The van der Waals surface area contributed by atoms with Gasteiger partial charge in [0.05, 0.1) is 65.5 Å². The second kappa shape index (κ2) is 37.8. The third kappa shape index (κ3) is 19.6. The SMILES string of the molecule is CC(=O)N[C@H]1[C@H](O[C@H]2[C@@H](O)[C@@H](CO)O[C@@H](O[C@@H]([C@@H](O)[C@H](O)CO[C@@H]3O[C@H](CO)[C@@H](O[C@@H]4O[C@H](CO)[C@H](O)[C@H](O[C@@H]5O[C@H](CO)[C@@H](O[C@@H]6O[C@H](CO)[C@H](O)[C@H](O)[C@H]6O)[C@H](O)[C@H]5NC(C)=O)[C@H]4O)[C@H](O)[C@H]3NC(C)=O)[C@H](CO)NC(C)=O)[C@@H]2O)O[C@H](CO)[C@@H](O[C@@H]2O[C@H](CO)[C@H](O)[C@H](O)[C@H]2O)[C@@H]1O. The third-order valence-corrected chi connectivity index (χ3v) is 17.9. The van der Waals surface area contributed by atoms with Crippen LogP contribution in [-0.2, 0) is 85.5 Å². The van der Waals surface area contributed by atoms with E-state index >= 15 is 0 Å². The summed E-state index contributed by atoms with van der Waals surface area (Å²) in [6.45, 7) is -5.59. The molecule has 39 atom stereocenters. The second-order valence-electron chi connectivity index (χ2n) is 25.1. The maximum atomic E-state index is 12.8. The van der Waals surface area contributed by atoms with Crippen LogP contribution in [0.1, 0.15) is 27.7 Å². The van der Waals surface area contributed by atoms with Crippen molar-refractivity contribution in [2.75, 3.05) is 59.5 Å². The van der Waals surface area contributed by atoms with Crippen LogP contribution in [-0.4, -0.2) is 440 Å². The highest BCUT2D eigenvalue weighted by molar-refractivity contribution is 5.74. The molecule has 0 aromatic carbocycles. The molecule has 0 aromatic rings. The number of amides is 4. The van der Waals surface area contributed by atoms with E-state index in [1.54, 1.807) is 0 Å². The average Bonchev–Trinajstić information content (AvgIpc) is 0.776. The van der Waals surface area contributed by atoms with E-state index < -0.39 is 322 Å². The van der Waals surface area contributed by atoms with Gasteiger partial charge in [-0.3, -0.25) is 19.2 Å². The van der Waals surface area contributed by atoms with Crippen LogP contribution in [0.2, 0.25) is 0 Å². The number of rotatable bonds is 30. The molecule has 0 aromatic heterocycles. The summed E-state index contributed by atoms with van der Waals surface area (Å²) in [4.78, 5) is 50.5. The van der Waals surface area contributed by atoms with Crippen LogP contribution in [0.15, 0.2) is 0 Å². The maximum absolute atomic E-state index is 12.8. The van der Waals surface area contributed by atoms with Gasteiger partial charge in [-0.25, -0.2) is 0 Å². The van der Waals surface area contributed by atoms with E-state index in [1.165, 1.54) is 0 Å². The van der Waals surface area contributed by atoms with Gasteiger partial charge in [-0.05, 0) is 0 Å². The lowest BCUT2D eigenvalue weighted by Gasteiger charge is -2.50. The molecule has 7 saturated heterocycles. The molecule has 27 N–H and O–H groups in total. The van der Waals surface area contributed by atoms with E-state index in [-0.39, 0.29) is 0 Å². The number of carbonyl (C=O) groups is 4. The largest absolute Gasteiger partial charge is 0.394 e. The Morgan fingerprint density at radius 1 is 0.337 bits per heavy atom. The van der Waals surface area contributed by atoms with Crippen LogP contribution in [0.25, 0.3) is 0 Å². The number of hydrogen-bond acceptors (Lipinski definition) is 41. The molecule has 0 saturated carbocycles. The van der Waals surface area contributed by atoms with E-state index in [4.69, 9.17) is 66.3 Å². The van der Waals surface area contributed by atoms with Crippen molar-refractivity contribution in [3.63, 3.8) is 0 Å². The van der Waals surface area contributed by atoms with Gasteiger partial charge in [0.1, 0.15) is 189 Å². The number of ether oxygens (including phenoxy) is 14. The zero-order valence-corrected chi connectivity index (χ0v) is 54.5. The van der Waals surface area contributed by atoms with Gasteiger partial charge < -0.3 is 205 Å². The summed E-state index contributed by atoms with van der Waals surface area (Å²) in [5.41, 5.74) is 0. The normalized spacial score (nSPS) is 45.0. The molecule has 45 nitrogen and oxygen atoms in total. The van der Waals surface area contributed by atoms with Gasteiger partial charge in [-0.15, -0.1) is 0 Å². The first-order valence-corrected chi connectivity index (χ1v) is 32.0. The molecule has 7 fully saturated rings. The molecule has 0 radical (unpaired) electrons. The molecule has 101 heavy (non-hydrogen) atoms. The third-order valence-electron chi connectivity index (χ3n) is 17.9. The number of aliphatic hydroxyl groups is 23. The molecule has 4 amide bonds. The highest BCUT2D eigenvalue weighted by Gasteiger charge is 2.59. The minimum atomic E-state index is -2.43. The topological polar surface area (TPSA) is 711 Å². The van der Waals surface area contributed by atoms with Crippen molar-refractivity contribution in [2.24, 2.45) is 0 Å². The predicted octanol–water partition coefficient (Wildman–Crippen LogP) is -18.2. The Kier molecular flexibility index (Phi) is 31.7. The molecule has 0 spiro atoms. The monoisotopic (exact) mass is 1480 g/mol. The van der Waals surface area contributed by atoms with E-state index in [9.17, 15) is 137 Å². The van der Waals surface area contributed by atoms with Crippen molar-refractivity contribution in [3.05, 3.63) is 0 Å². The van der Waals surface area contributed by atoms with Crippen molar-refractivity contribution >= 4 is 23.6 Å². The molecular formula is C56H96N4O41. The minimum absolute atomic E-state index is 0.865. The molecule has 7 rings (SSSR count). The Morgan fingerprint density at radius 3 is 0.970 bits per heavy atom. The number of aliphatic hydroxyl groups excluding tert-OH is 23. The van der Waals surface area contributed by atoms with Crippen molar-refractivity contribution in [1.29, 1.82) is 0 Å². The van der Waals surface area contributed by atoms with E-state index in [1.807, 2.05) is 0 Å². The predicted molar refractivity (Wildman–Crippen MR) is 313 cm³/mol. The Balaban J connectivity index is 1.06. The molecule has 0 bridgehead atoms. The first kappa shape index (κ1) is 84.7. The van der Waals surface area contributed by atoms with Crippen LogP contribution in [0.3, 0.4) is 0 Å². The lowest BCUT2D eigenvalue weighted by atomic mass is 9.94. The van der Waals surface area contributed by atoms with Gasteiger partial charge in [0.25, 0.3) is 0 Å². The van der Waals surface area contributed by atoms with E-state index in [0.29, 0.717) is 0 Å². The maximum Gasteiger partial charge on any atom is 0.217 e. The number of hydrogen-bond donors (Lipinski definition) is 27. The zero-order chi connectivity index (χ0) is 74.9. The molecular weight excluding hydrogens is 1380 g/mol. The molecule has 0 unspecified atom stereocenters. The average molecular weight is 1480 g/mol. The molecule has 7 aliphatic rings. The minimum Gasteiger partial charge on any atom is -0.394 e. The molecule has 586 valence electrons. The molecule has 0 aliphatic carbocycles. The van der Waals surface area contributed by atoms with Gasteiger partial charge >= 0.3 is 0 Å². The van der Waals surface area contributed by atoms with Crippen LogP contribution < -0.4 is 21.3 Å². The summed E-state index contributed by atoms with van der Waals surface area (Å²) >= 11 is 0. The molecule has 45 heteroatoms. The summed E-state index contributed by atoms with van der Waals surface area (Å²) < 4.78 is 80.7. The summed E-state index contributed by atoms with van der Waals surface area (Å²) in [6.07, 6.45) is -69.5. The van der Waals surface area contributed by atoms with Gasteiger partial charge in [-0.1, -0.05) is 0 Å². The van der Waals surface area contributed by atoms with Gasteiger partial charge in [0, 0.05) is 27.7 Å². The van der Waals surface area contributed by atoms with E-state index in [0.717, 1.165) is 27.7 Å². The lowest BCUT2D eigenvalue weighted by Crippen LogP contribution is -2.70. The van der Waals surface area contributed by atoms with Gasteiger partial charge in [0.2, 0.25) is 23.6 Å². The van der Waals surface area contributed by atoms with Crippen LogP contribution in [0, 0.1) is 0 Å². The number of carbonyl (C=O) groups excluding carboxylic acids is 4. The summed E-state index contributed by atoms with van der Waals surface area (Å²) in [7, 11) is 0. The quantitative estimate of drug-likeness (QED) is 0.0318. The van der Waals surface area contributed by atoms with Gasteiger partial charge in [0.15, 0.2) is 44.0 Å². The summed E-state index contributed by atoms with van der Waals surface area (Å²) in [5, 5.41) is 260. The van der Waals surface area contributed by atoms with Crippen molar-refractivity contribution < 1.29 is 203 Å². The fourth-order valence-electron chi connectivity index (χ4n) is 12.6. The Hall–Kier alpha value is -3.60. The number of nitrogens with one attached hydrogen (secondary N) is 4. The first-order chi connectivity index (χ1) is 47.7. The fourth-order valence-corrected chi connectivity index (χ4v) is 12.6. The van der Waals surface area contributed by atoms with Crippen LogP contribution in [0.5, 0.6) is 0 Å². The summed E-state index contributed by atoms with van der Waals surface area (Å²) in [6, 6.07) is -7.23. The Bertz CT molecular complexity index is 2580.